The normalized spacial score (nSPS) is 10.2. The zero-order chi connectivity index (χ0) is 12.3. The van der Waals surface area contributed by atoms with Crippen molar-refractivity contribution in [3.05, 3.63) is 35.7 Å². The van der Waals surface area contributed by atoms with Gasteiger partial charge in [0.15, 0.2) is 0 Å². The van der Waals surface area contributed by atoms with E-state index in [-0.39, 0.29) is 0 Å². The van der Waals surface area contributed by atoms with Crippen molar-refractivity contribution in [2.24, 2.45) is 0 Å². The maximum atomic E-state index is 10.5. The Balaban J connectivity index is 2.32. The molecule has 2 aromatic rings. The van der Waals surface area contributed by atoms with Crippen LogP contribution in [0.2, 0.25) is 0 Å². The number of rotatable bonds is 4. The average Bonchev–Trinajstić information content (AvgIpc) is 2.64. The van der Waals surface area contributed by atoms with Crippen molar-refractivity contribution < 1.29 is 4.79 Å². The summed E-state index contributed by atoms with van der Waals surface area (Å²) < 4.78 is 0. The minimum atomic E-state index is 0.689. The summed E-state index contributed by atoms with van der Waals surface area (Å²) in [7, 11) is 0. The number of H-pyrrole nitrogens is 1. The number of aromatic nitrogens is 2. The van der Waals surface area contributed by atoms with Gasteiger partial charge in [0.25, 0.3) is 0 Å². The lowest BCUT2D eigenvalue weighted by Gasteiger charge is -2.07. The lowest BCUT2D eigenvalue weighted by atomic mass is 10.3. The Bertz CT molecular complexity index is 517. The topological polar surface area (TPSA) is 57.8 Å². The van der Waals surface area contributed by atoms with Gasteiger partial charge in [-0.3, -0.25) is 9.89 Å². The molecular weight excluding hydrogens is 234 g/mol. The second-order valence-electron chi connectivity index (χ2n) is 3.62. The molecule has 0 unspecified atom stereocenters. The molecule has 0 spiro atoms. The van der Waals surface area contributed by atoms with Crippen molar-refractivity contribution in [1.29, 1.82) is 0 Å². The molecule has 88 valence electrons. The number of aryl methyl sites for hydroxylation is 2. The van der Waals surface area contributed by atoms with Crippen LogP contribution < -0.4 is 5.32 Å². The molecule has 0 bridgehead atoms. The fourth-order valence-corrected chi connectivity index (χ4v) is 2.53. The molecule has 2 rings (SSSR count). The van der Waals surface area contributed by atoms with E-state index in [0.717, 1.165) is 26.9 Å². The number of aromatic amines is 1. The van der Waals surface area contributed by atoms with E-state index in [9.17, 15) is 4.79 Å². The molecular formula is C12H13N3OS. The van der Waals surface area contributed by atoms with E-state index in [1.165, 1.54) is 0 Å². The molecule has 1 aromatic carbocycles. The predicted octanol–water partition coefficient (Wildman–Crippen LogP) is 2.75. The largest absolute Gasteiger partial charge is 0.328 e. The molecule has 0 atom stereocenters. The number of para-hydroxylation sites is 1. The zero-order valence-electron chi connectivity index (χ0n) is 9.65. The number of nitrogens with one attached hydrogen (secondary N) is 2. The van der Waals surface area contributed by atoms with Gasteiger partial charge in [-0.25, -0.2) is 0 Å². The van der Waals surface area contributed by atoms with E-state index in [2.05, 4.69) is 15.5 Å². The Hall–Kier alpha value is -1.75. The predicted molar refractivity (Wildman–Crippen MR) is 68.3 cm³/mol. The number of carbonyl (C=O) groups excluding carboxylic acids is 1. The summed E-state index contributed by atoms with van der Waals surface area (Å²) in [6.07, 6.45) is 0.689. The summed E-state index contributed by atoms with van der Waals surface area (Å²) in [4.78, 5) is 12.6. The Morgan fingerprint density at radius 3 is 2.76 bits per heavy atom. The van der Waals surface area contributed by atoms with Gasteiger partial charge in [0.05, 0.1) is 16.3 Å². The second-order valence-corrected chi connectivity index (χ2v) is 4.68. The third-order valence-corrected chi connectivity index (χ3v) is 3.76. The van der Waals surface area contributed by atoms with Gasteiger partial charge in [-0.15, -0.1) is 0 Å². The number of anilines is 1. The summed E-state index contributed by atoms with van der Waals surface area (Å²) in [5.74, 6) is 0. The monoisotopic (exact) mass is 247 g/mol. The van der Waals surface area contributed by atoms with Crippen LogP contribution in [-0.2, 0) is 4.79 Å². The summed E-state index contributed by atoms with van der Waals surface area (Å²) in [5.41, 5.74) is 2.81. The molecule has 1 heterocycles. The number of hydrogen-bond acceptors (Lipinski definition) is 3. The highest BCUT2D eigenvalue weighted by Gasteiger charge is 2.10. The highest BCUT2D eigenvalue weighted by Crippen LogP contribution is 2.35. The van der Waals surface area contributed by atoms with Crippen molar-refractivity contribution in [2.75, 3.05) is 5.32 Å². The first-order valence-electron chi connectivity index (χ1n) is 5.21. The van der Waals surface area contributed by atoms with E-state index in [0.29, 0.717) is 6.41 Å². The van der Waals surface area contributed by atoms with Gasteiger partial charge in [0, 0.05) is 10.6 Å². The number of carbonyl (C=O) groups is 1. The first-order valence-corrected chi connectivity index (χ1v) is 6.02. The van der Waals surface area contributed by atoms with Gasteiger partial charge in [-0.1, -0.05) is 23.9 Å². The lowest BCUT2D eigenvalue weighted by molar-refractivity contribution is -0.105. The smallest absolute Gasteiger partial charge is 0.211 e. The van der Waals surface area contributed by atoms with Crippen LogP contribution in [0.25, 0.3) is 0 Å². The van der Waals surface area contributed by atoms with Crippen LogP contribution in [0.5, 0.6) is 0 Å². The third kappa shape index (κ3) is 2.50. The minimum absolute atomic E-state index is 0.689. The molecule has 0 fully saturated rings. The van der Waals surface area contributed by atoms with Gasteiger partial charge in [-0.05, 0) is 26.0 Å². The summed E-state index contributed by atoms with van der Waals surface area (Å²) in [6, 6.07) is 7.69. The quantitative estimate of drug-likeness (QED) is 0.817. The number of benzene rings is 1. The van der Waals surface area contributed by atoms with E-state index in [1.807, 2.05) is 38.1 Å². The highest BCUT2D eigenvalue weighted by atomic mass is 32.2. The molecule has 5 heteroatoms. The van der Waals surface area contributed by atoms with E-state index >= 15 is 0 Å². The SMILES string of the molecule is Cc1n[nH]c(C)c1Sc1ccccc1NC=O. The maximum Gasteiger partial charge on any atom is 0.211 e. The van der Waals surface area contributed by atoms with Crippen molar-refractivity contribution in [3.8, 4) is 0 Å². The molecule has 2 N–H and O–H groups in total. The summed E-state index contributed by atoms with van der Waals surface area (Å²) >= 11 is 1.60. The first-order chi connectivity index (χ1) is 8.22. The van der Waals surface area contributed by atoms with Crippen LogP contribution in [0.4, 0.5) is 5.69 Å². The second kappa shape index (κ2) is 5.05. The van der Waals surface area contributed by atoms with Crippen molar-refractivity contribution >= 4 is 23.9 Å². The number of amides is 1. The average molecular weight is 247 g/mol. The fraction of sp³-hybridized carbons (Fsp3) is 0.167. The third-order valence-electron chi connectivity index (χ3n) is 2.37. The van der Waals surface area contributed by atoms with Gasteiger partial charge in [0.2, 0.25) is 6.41 Å². The zero-order valence-corrected chi connectivity index (χ0v) is 10.5. The Morgan fingerprint density at radius 2 is 2.12 bits per heavy atom. The van der Waals surface area contributed by atoms with Crippen LogP contribution in [0.15, 0.2) is 34.1 Å². The summed E-state index contributed by atoms with van der Waals surface area (Å²) in [6.45, 7) is 3.94. The van der Waals surface area contributed by atoms with Crippen LogP contribution in [-0.4, -0.2) is 16.6 Å². The van der Waals surface area contributed by atoms with Gasteiger partial charge in [0.1, 0.15) is 0 Å². The summed E-state index contributed by atoms with van der Waals surface area (Å²) in [5, 5.41) is 9.80. The first kappa shape index (κ1) is 11.7. The number of nitrogens with zero attached hydrogens (tertiary/aromatic N) is 1. The standard InChI is InChI=1S/C12H13N3OS/c1-8-12(9(2)15-14-8)17-11-6-4-3-5-10(11)13-7-16/h3-7H,1-2H3,(H,13,16)(H,14,15). The van der Waals surface area contributed by atoms with Crippen LogP contribution >= 0.6 is 11.8 Å². The Kier molecular flexibility index (Phi) is 3.49. The molecule has 0 aliphatic carbocycles. The Labute approximate surface area is 104 Å². The fourth-order valence-electron chi connectivity index (χ4n) is 1.54. The molecule has 0 radical (unpaired) electrons. The van der Waals surface area contributed by atoms with E-state index < -0.39 is 0 Å². The number of hydrogen-bond donors (Lipinski definition) is 2. The lowest BCUT2D eigenvalue weighted by Crippen LogP contribution is -1.95. The molecule has 0 aliphatic heterocycles. The molecule has 1 aromatic heterocycles. The van der Waals surface area contributed by atoms with E-state index in [4.69, 9.17) is 0 Å². The van der Waals surface area contributed by atoms with Crippen molar-refractivity contribution in [1.82, 2.24) is 10.2 Å². The van der Waals surface area contributed by atoms with E-state index in [1.54, 1.807) is 11.8 Å². The van der Waals surface area contributed by atoms with Crippen molar-refractivity contribution in [2.45, 2.75) is 23.6 Å². The van der Waals surface area contributed by atoms with Gasteiger partial charge in [-0.2, -0.15) is 5.10 Å². The van der Waals surface area contributed by atoms with Crippen molar-refractivity contribution in [3.63, 3.8) is 0 Å². The van der Waals surface area contributed by atoms with Crippen LogP contribution in [0, 0.1) is 13.8 Å². The van der Waals surface area contributed by atoms with Gasteiger partial charge >= 0.3 is 0 Å². The minimum Gasteiger partial charge on any atom is -0.328 e. The molecule has 0 aliphatic rings. The Morgan fingerprint density at radius 1 is 1.35 bits per heavy atom. The van der Waals surface area contributed by atoms with Gasteiger partial charge < -0.3 is 5.32 Å². The highest BCUT2D eigenvalue weighted by molar-refractivity contribution is 7.99. The molecule has 0 saturated carbocycles. The molecule has 0 saturated heterocycles. The molecule has 17 heavy (non-hydrogen) atoms. The molecule has 1 amide bonds. The van der Waals surface area contributed by atoms with Crippen LogP contribution in [0.1, 0.15) is 11.4 Å². The maximum absolute atomic E-state index is 10.5. The van der Waals surface area contributed by atoms with Crippen LogP contribution in [0.3, 0.4) is 0 Å². The molecule has 4 nitrogen and oxygen atoms in total.